The van der Waals surface area contributed by atoms with Gasteiger partial charge in [0.2, 0.25) is 0 Å². The van der Waals surface area contributed by atoms with Gasteiger partial charge < -0.3 is 15.5 Å². The Morgan fingerprint density at radius 2 is 1.95 bits per heavy atom. The number of hydrogen-bond acceptors (Lipinski definition) is 4. The molecule has 3 rings (SSSR count). The zero-order chi connectivity index (χ0) is 15.0. The standard InChI is InChI=1S/C16H15BrN2O2/c1-10(19-12-3-5-15(17)18-9-12)16(6-7-16)11-2-4-13(20)14(21)8-11/h2-5,8-9,19-21H,1,6-7H2. The lowest BCUT2D eigenvalue weighted by Crippen LogP contribution is -2.16. The van der Waals surface area contributed by atoms with Crippen LogP contribution in [-0.2, 0) is 5.41 Å². The van der Waals surface area contributed by atoms with Crippen molar-refractivity contribution in [2.24, 2.45) is 0 Å². The van der Waals surface area contributed by atoms with E-state index in [4.69, 9.17) is 0 Å². The quantitative estimate of drug-likeness (QED) is 0.580. The third-order valence-electron chi connectivity index (χ3n) is 3.88. The minimum absolute atomic E-state index is 0.100. The first kappa shape index (κ1) is 13.9. The number of rotatable bonds is 4. The summed E-state index contributed by atoms with van der Waals surface area (Å²) in [5, 5.41) is 22.4. The monoisotopic (exact) mass is 346 g/mol. The van der Waals surface area contributed by atoms with E-state index in [0.717, 1.165) is 34.4 Å². The van der Waals surface area contributed by atoms with Crippen molar-refractivity contribution in [2.75, 3.05) is 5.32 Å². The number of phenolic OH excluding ortho intramolecular Hbond substituents is 2. The van der Waals surface area contributed by atoms with Crippen LogP contribution in [0.2, 0.25) is 0 Å². The molecule has 1 fully saturated rings. The summed E-state index contributed by atoms with van der Waals surface area (Å²) in [5.74, 6) is -0.206. The summed E-state index contributed by atoms with van der Waals surface area (Å²) in [5.41, 5.74) is 2.52. The Kier molecular flexibility index (Phi) is 3.37. The molecular weight excluding hydrogens is 332 g/mol. The summed E-state index contributed by atoms with van der Waals surface area (Å²) in [6.45, 7) is 4.14. The largest absolute Gasteiger partial charge is 0.504 e. The molecule has 0 atom stereocenters. The molecule has 4 nitrogen and oxygen atoms in total. The van der Waals surface area contributed by atoms with Crippen molar-refractivity contribution in [3.63, 3.8) is 0 Å². The van der Waals surface area contributed by atoms with E-state index in [9.17, 15) is 10.2 Å². The average molecular weight is 347 g/mol. The maximum absolute atomic E-state index is 9.68. The van der Waals surface area contributed by atoms with Crippen molar-refractivity contribution in [1.29, 1.82) is 0 Å². The zero-order valence-electron chi connectivity index (χ0n) is 11.3. The zero-order valence-corrected chi connectivity index (χ0v) is 12.9. The number of aromatic nitrogens is 1. The van der Waals surface area contributed by atoms with E-state index >= 15 is 0 Å². The van der Waals surface area contributed by atoms with Gasteiger partial charge in [0.15, 0.2) is 11.5 Å². The maximum Gasteiger partial charge on any atom is 0.157 e. The first-order valence-electron chi connectivity index (χ1n) is 6.62. The van der Waals surface area contributed by atoms with Crippen molar-refractivity contribution >= 4 is 21.6 Å². The molecule has 0 aliphatic heterocycles. The van der Waals surface area contributed by atoms with Crippen LogP contribution < -0.4 is 5.32 Å². The first-order valence-corrected chi connectivity index (χ1v) is 7.41. The van der Waals surface area contributed by atoms with Crippen molar-refractivity contribution in [3.8, 4) is 11.5 Å². The van der Waals surface area contributed by atoms with Crippen molar-refractivity contribution < 1.29 is 10.2 Å². The number of halogens is 1. The number of phenols is 2. The highest BCUT2D eigenvalue weighted by Crippen LogP contribution is 2.54. The topological polar surface area (TPSA) is 65.4 Å². The van der Waals surface area contributed by atoms with Gasteiger partial charge in [-0.2, -0.15) is 0 Å². The van der Waals surface area contributed by atoms with Gasteiger partial charge in [0.1, 0.15) is 4.60 Å². The molecule has 1 aromatic carbocycles. The number of benzene rings is 1. The molecular formula is C16H15BrN2O2. The van der Waals surface area contributed by atoms with E-state index < -0.39 is 0 Å². The van der Waals surface area contributed by atoms with Gasteiger partial charge in [0.25, 0.3) is 0 Å². The van der Waals surface area contributed by atoms with Crippen LogP contribution in [0.4, 0.5) is 5.69 Å². The third-order valence-corrected chi connectivity index (χ3v) is 4.35. The van der Waals surface area contributed by atoms with E-state index in [1.807, 2.05) is 18.2 Å². The van der Waals surface area contributed by atoms with Crippen molar-refractivity contribution in [2.45, 2.75) is 18.3 Å². The van der Waals surface area contributed by atoms with Gasteiger partial charge in [-0.25, -0.2) is 4.98 Å². The van der Waals surface area contributed by atoms with Crippen LogP contribution >= 0.6 is 15.9 Å². The molecule has 21 heavy (non-hydrogen) atoms. The molecule has 0 amide bonds. The molecule has 0 bridgehead atoms. The smallest absolute Gasteiger partial charge is 0.157 e. The predicted octanol–water partition coefficient (Wildman–Crippen LogP) is 3.91. The van der Waals surface area contributed by atoms with Gasteiger partial charge >= 0.3 is 0 Å². The Bertz CT molecular complexity index is 694. The lowest BCUT2D eigenvalue weighted by Gasteiger charge is -2.21. The van der Waals surface area contributed by atoms with Gasteiger partial charge in [-0.3, -0.25) is 0 Å². The second-order valence-electron chi connectivity index (χ2n) is 5.26. The lowest BCUT2D eigenvalue weighted by atomic mass is 9.92. The fourth-order valence-electron chi connectivity index (χ4n) is 2.45. The Morgan fingerprint density at radius 1 is 1.19 bits per heavy atom. The summed E-state index contributed by atoms with van der Waals surface area (Å²) in [6.07, 6.45) is 3.67. The number of aromatic hydroxyl groups is 2. The summed E-state index contributed by atoms with van der Waals surface area (Å²) in [6, 6.07) is 8.73. The van der Waals surface area contributed by atoms with Gasteiger partial charge in [0, 0.05) is 11.1 Å². The minimum atomic E-state index is -0.182. The molecule has 2 aromatic rings. The normalized spacial score (nSPS) is 15.5. The average Bonchev–Trinajstić information content (AvgIpc) is 3.26. The van der Waals surface area contributed by atoms with Crippen LogP contribution in [0.1, 0.15) is 18.4 Å². The van der Waals surface area contributed by atoms with Crippen LogP contribution in [0.15, 0.2) is 53.4 Å². The van der Waals surface area contributed by atoms with Gasteiger partial charge in [0.05, 0.1) is 11.9 Å². The van der Waals surface area contributed by atoms with E-state index in [0.29, 0.717) is 0 Å². The fourth-order valence-corrected chi connectivity index (χ4v) is 2.69. The highest BCUT2D eigenvalue weighted by atomic mass is 79.9. The van der Waals surface area contributed by atoms with Crippen LogP contribution in [0.3, 0.4) is 0 Å². The van der Waals surface area contributed by atoms with E-state index in [1.54, 1.807) is 12.3 Å². The lowest BCUT2D eigenvalue weighted by molar-refractivity contribution is 0.402. The molecule has 0 radical (unpaired) electrons. The van der Waals surface area contributed by atoms with Gasteiger partial charge in [-0.15, -0.1) is 0 Å². The van der Waals surface area contributed by atoms with Crippen molar-refractivity contribution in [3.05, 3.63) is 59.0 Å². The SMILES string of the molecule is C=C(Nc1ccc(Br)nc1)C1(c2ccc(O)c(O)c2)CC1. The number of pyridine rings is 1. The number of allylic oxidation sites excluding steroid dienone is 1. The molecule has 1 aliphatic rings. The van der Waals surface area contributed by atoms with Crippen LogP contribution in [0.5, 0.6) is 11.5 Å². The molecule has 1 aromatic heterocycles. The second-order valence-corrected chi connectivity index (χ2v) is 6.07. The van der Waals surface area contributed by atoms with E-state index in [-0.39, 0.29) is 16.9 Å². The molecule has 1 aliphatic carbocycles. The Labute approximate surface area is 131 Å². The minimum Gasteiger partial charge on any atom is -0.504 e. The van der Waals surface area contributed by atoms with E-state index in [2.05, 4.69) is 32.8 Å². The highest BCUT2D eigenvalue weighted by Gasteiger charge is 2.47. The molecule has 1 heterocycles. The summed E-state index contributed by atoms with van der Waals surface area (Å²) in [4.78, 5) is 4.17. The summed E-state index contributed by atoms with van der Waals surface area (Å²) >= 11 is 3.30. The van der Waals surface area contributed by atoms with Crippen molar-refractivity contribution in [1.82, 2.24) is 4.98 Å². The van der Waals surface area contributed by atoms with Gasteiger partial charge in [-0.1, -0.05) is 12.6 Å². The number of hydrogen-bond donors (Lipinski definition) is 3. The Morgan fingerprint density at radius 3 is 2.52 bits per heavy atom. The number of nitrogens with one attached hydrogen (secondary N) is 1. The molecule has 0 saturated heterocycles. The predicted molar refractivity (Wildman–Crippen MR) is 85.4 cm³/mol. The number of anilines is 1. The molecule has 108 valence electrons. The Balaban J connectivity index is 1.83. The highest BCUT2D eigenvalue weighted by molar-refractivity contribution is 9.10. The second kappa shape index (κ2) is 5.07. The van der Waals surface area contributed by atoms with Gasteiger partial charge in [-0.05, 0) is 58.6 Å². The molecule has 0 unspecified atom stereocenters. The third kappa shape index (κ3) is 2.61. The molecule has 1 saturated carbocycles. The molecule has 0 spiro atoms. The van der Waals surface area contributed by atoms with Crippen LogP contribution in [-0.4, -0.2) is 15.2 Å². The Hall–Kier alpha value is -2.01. The maximum atomic E-state index is 9.68. The van der Waals surface area contributed by atoms with Crippen LogP contribution in [0.25, 0.3) is 0 Å². The molecule has 3 N–H and O–H groups in total. The molecule has 5 heteroatoms. The van der Waals surface area contributed by atoms with E-state index in [1.165, 1.54) is 6.07 Å². The first-order chi connectivity index (χ1) is 10.0. The van der Waals surface area contributed by atoms with Crippen LogP contribution in [0, 0.1) is 0 Å². The summed E-state index contributed by atoms with van der Waals surface area (Å²) in [7, 11) is 0. The summed E-state index contributed by atoms with van der Waals surface area (Å²) < 4.78 is 0.781. The number of nitrogens with zero attached hydrogens (tertiary/aromatic N) is 1. The fraction of sp³-hybridized carbons (Fsp3) is 0.188.